The second-order valence-corrected chi connectivity index (χ2v) is 3.99. The highest BCUT2D eigenvalue weighted by Crippen LogP contribution is 2.35. The van der Waals surface area contributed by atoms with E-state index in [-0.39, 0.29) is 17.6 Å². The minimum absolute atomic E-state index is 0.184. The molecule has 1 aromatic rings. The molecule has 1 heterocycles. The molecular formula is C10H16F3N3. The Labute approximate surface area is 92.6 Å². The number of hydrogen-bond donors (Lipinski definition) is 1. The first-order valence-corrected chi connectivity index (χ1v) is 5.11. The van der Waals surface area contributed by atoms with Gasteiger partial charge in [-0.1, -0.05) is 0 Å². The van der Waals surface area contributed by atoms with Gasteiger partial charge in [0.2, 0.25) is 0 Å². The first-order chi connectivity index (χ1) is 7.29. The van der Waals surface area contributed by atoms with Crippen molar-refractivity contribution in [2.75, 3.05) is 7.05 Å². The molecule has 6 heteroatoms. The predicted octanol–water partition coefficient (Wildman–Crippen LogP) is 2.76. The lowest BCUT2D eigenvalue weighted by molar-refractivity contribution is -0.145. The summed E-state index contributed by atoms with van der Waals surface area (Å²) in [6, 6.07) is -0.682. The summed E-state index contributed by atoms with van der Waals surface area (Å²) in [6.45, 7) is 5.03. The molecule has 92 valence electrons. The molecule has 0 aromatic carbocycles. The van der Waals surface area contributed by atoms with E-state index in [0.717, 1.165) is 4.68 Å². The summed E-state index contributed by atoms with van der Waals surface area (Å²) in [5.41, 5.74) is -0.479. The van der Waals surface area contributed by atoms with E-state index < -0.39 is 11.9 Å². The third kappa shape index (κ3) is 2.37. The lowest BCUT2D eigenvalue weighted by Gasteiger charge is -2.17. The third-order valence-electron chi connectivity index (χ3n) is 2.48. The van der Waals surface area contributed by atoms with Gasteiger partial charge in [-0.2, -0.15) is 18.3 Å². The van der Waals surface area contributed by atoms with Crippen LogP contribution >= 0.6 is 0 Å². The van der Waals surface area contributed by atoms with E-state index in [1.54, 1.807) is 27.8 Å². The van der Waals surface area contributed by atoms with E-state index in [0.29, 0.717) is 0 Å². The Kier molecular flexibility index (Phi) is 3.62. The number of aromatic nitrogens is 2. The van der Waals surface area contributed by atoms with Crippen molar-refractivity contribution in [1.29, 1.82) is 0 Å². The second kappa shape index (κ2) is 4.45. The molecule has 1 atom stereocenters. The van der Waals surface area contributed by atoms with Crippen LogP contribution in [0.25, 0.3) is 0 Å². The number of halogens is 3. The number of nitrogens with zero attached hydrogens (tertiary/aromatic N) is 2. The smallest absolute Gasteiger partial charge is 0.313 e. The lowest BCUT2D eigenvalue weighted by Crippen LogP contribution is -2.21. The molecule has 0 spiro atoms. The largest absolute Gasteiger partial charge is 0.433 e. The van der Waals surface area contributed by atoms with Gasteiger partial charge in [-0.05, 0) is 27.8 Å². The van der Waals surface area contributed by atoms with Crippen molar-refractivity contribution in [3.8, 4) is 0 Å². The van der Waals surface area contributed by atoms with Crippen molar-refractivity contribution >= 4 is 0 Å². The summed E-state index contributed by atoms with van der Waals surface area (Å²) in [5, 5.41) is 6.60. The van der Waals surface area contributed by atoms with Gasteiger partial charge in [0.1, 0.15) is 5.69 Å². The quantitative estimate of drug-likeness (QED) is 0.873. The fraction of sp³-hybridized carbons (Fsp3) is 0.700. The van der Waals surface area contributed by atoms with Crippen LogP contribution in [-0.2, 0) is 6.18 Å². The Bertz CT molecular complexity index is 355. The van der Waals surface area contributed by atoms with Gasteiger partial charge in [0, 0.05) is 17.6 Å². The van der Waals surface area contributed by atoms with E-state index >= 15 is 0 Å². The molecule has 1 rings (SSSR count). The topological polar surface area (TPSA) is 29.9 Å². The zero-order valence-electron chi connectivity index (χ0n) is 9.76. The Morgan fingerprint density at radius 3 is 2.25 bits per heavy atom. The summed E-state index contributed by atoms with van der Waals surface area (Å²) >= 11 is 0. The fourth-order valence-corrected chi connectivity index (χ4v) is 1.53. The average molecular weight is 235 g/mol. The van der Waals surface area contributed by atoms with E-state index in [1.165, 1.54) is 6.20 Å². The highest BCUT2D eigenvalue weighted by molar-refractivity contribution is 5.24. The minimum Gasteiger partial charge on any atom is -0.313 e. The van der Waals surface area contributed by atoms with Crippen LogP contribution in [-0.4, -0.2) is 16.8 Å². The Hall–Kier alpha value is -1.04. The van der Waals surface area contributed by atoms with Crippen LogP contribution in [0.15, 0.2) is 6.20 Å². The van der Waals surface area contributed by atoms with Gasteiger partial charge >= 0.3 is 6.18 Å². The highest BCUT2D eigenvalue weighted by atomic mass is 19.4. The van der Waals surface area contributed by atoms with Crippen LogP contribution in [0.4, 0.5) is 13.2 Å². The molecule has 0 aliphatic rings. The zero-order chi connectivity index (χ0) is 12.5. The van der Waals surface area contributed by atoms with E-state index in [1.807, 2.05) is 0 Å². The average Bonchev–Trinajstić information content (AvgIpc) is 2.59. The maximum Gasteiger partial charge on any atom is 0.433 e. The van der Waals surface area contributed by atoms with Gasteiger partial charge in [-0.3, -0.25) is 4.68 Å². The van der Waals surface area contributed by atoms with Gasteiger partial charge in [0.05, 0.1) is 6.20 Å². The molecule has 1 aromatic heterocycles. The van der Waals surface area contributed by atoms with Gasteiger partial charge in [0.25, 0.3) is 0 Å². The molecule has 0 aliphatic carbocycles. The molecule has 0 radical (unpaired) electrons. The van der Waals surface area contributed by atoms with Crippen LogP contribution in [0.3, 0.4) is 0 Å². The number of alkyl halides is 3. The Balaban J connectivity index is 3.31. The minimum atomic E-state index is -4.37. The summed E-state index contributed by atoms with van der Waals surface area (Å²) in [4.78, 5) is 0. The maximum atomic E-state index is 12.9. The predicted molar refractivity (Wildman–Crippen MR) is 55.1 cm³/mol. The van der Waals surface area contributed by atoms with Crippen LogP contribution in [0.5, 0.6) is 0 Å². The Morgan fingerprint density at radius 1 is 1.31 bits per heavy atom. The standard InChI is InChI=1S/C10H16F3N3/c1-6(2)16-9(10(11,12)13)8(5-15-16)7(3)14-4/h5-7,14H,1-4H3. The van der Waals surface area contributed by atoms with E-state index in [2.05, 4.69) is 10.4 Å². The second-order valence-electron chi connectivity index (χ2n) is 3.99. The summed E-state index contributed by atoms with van der Waals surface area (Å²) in [5.74, 6) is 0. The first-order valence-electron chi connectivity index (χ1n) is 5.11. The normalized spacial score (nSPS) is 14.5. The van der Waals surface area contributed by atoms with E-state index in [9.17, 15) is 13.2 Å². The molecule has 0 fully saturated rings. The van der Waals surface area contributed by atoms with Crippen LogP contribution in [0.1, 0.15) is 44.1 Å². The zero-order valence-corrected chi connectivity index (χ0v) is 9.76. The molecule has 0 amide bonds. The molecule has 0 aliphatic heterocycles. The fourth-order valence-electron chi connectivity index (χ4n) is 1.53. The van der Waals surface area contributed by atoms with Crippen molar-refractivity contribution < 1.29 is 13.2 Å². The van der Waals surface area contributed by atoms with Gasteiger partial charge in [-0.15, -0.1) is 0 Å². The number of rotatable bonds is 3. The molecule has 0 bridgehead atoms. The summed E-state index contributed by atoms with van der Waals surface area (Å²) in [7, 11) is 1.62. The molecule has 3 nitrogen and oxygen atoms in total. The number of nitrogens with one attached hydrogen (secondary N) is 1. The molecule has 1 unspecified atom stereocenters. The molecule has 1 N–H and O–H groups in total. The van der Waals surface area contributed by atoms with Crippen LogP contribution in [0, 0.1) is 0 Å². The summed E-state index contributed by atoms with van der Waals surface area (Å²) < 4.78 is 39.7. The molecule has 16 heavy (non-hydrogen) atoms. The summed E-state index contributed by atoms with van der Waals surface area (Å²) in [6.07, 6.45) is -3.09. The molecule has 0 saturated heterocycles. The van der Waals surface area contributed by atoms with Crippen molar-refractivity contribution in [2.24, 2.45) is 0 Å². The Morgan fingerprint density at radius 2 is 1.88 bits per heavy atom. The SMILES string of the molecule is CNC(C)c1cnn(C(C)C)c1C(F)(F)F. The monoisotopic (exact) mass is 235 g/mol. The van der Waals surface area contributed by atoms with Crippen molar-refractivity contribution in [1.82, 2.24) is 15.1 Å². The van der Waals surface area contributed by atoms with Crippen molar-refractivity contribution in [3.63, 3.8) is 0 Å². The number of hydrogen-bond acceptors (Lipinski definition) is 2. The van der Waals surface area contributed by atoms with Crippen LogP contribution < -0.4 is 5.32 Å². The van der Waals surface area contributed by atoms with Crippen LogP contribution in [0.2, 0.25) is 0 Å². The maximum absolute atomic E-state index is 12.9. The van der Waals surface area contributed by atoms with E-state index in [4.69, 9.17) is 0 Å². The highest BCUT2D eigenvalue weighted by Gasteiger charge is 2.39. The molecular weight excluding hydrogens is 219 g/mol. The molecule has 0 saturated carbocycles. The first kappa shape index (κ1) is 13.0. The van der Waals surface area contributed by atoms with Gasteiger partial charge in [-0.25, -0.2) is 0 Å². The van der Waals surface area contributed by atoms with Crippen molar-refractivity contribution in [2.45, 2.75) is 39.0 Å². The van der Waals surface area contributed by atoms with Gasteiger partial charge in [0.15, 0.2) is 0 Å². The van der Waals surface area contributed by atoms with Crippen molar-refractivity contribution in [3.05, 3.63) is 17.5 Å². The van der Waals surface area contributed by atoms with Gasteiger partial charge < -0.3 is 5.32 Å². The third-order valence-corrected chi connectivity index (χ3v) is 2.48. The lowest BCUT2D eigenvalue weighted by atomic mass is 10.1.